The monoisotopic (exact) mass is 221 g/mol. The van der Waals surface area contributed by atoms with E-state index in [0.29, 0.717) is 12.8 Å². The number of amides is 1. The van der Waals surface area contributed by atoms with Crippen LogP contribution in [0.15, 0.2) is 0 Å². The Morgan fingerprint density at radius 1 is 1.50 bits per heavy atom. The van der Waals surface area contributed by atoms with Gasteiger partial charge in [-0.1, -0.05) is 6.92 Å². The number of nitrogens with one attached hydrogen (secondary N) is 1. The maximum absolute atomic E-state index is 11.1. The van der Waals surface area contributed by atoms with E-state index in [-0.39, 0.29) is 17.4 Å². The lowest BCUT2D eigenvalue weighted by atomic mass is 10.2. The van der Waals surface area contributed by atoms with Crippen molar-refractivity contribution < 1.29 is 18.3 Å². The molecule has 0 spiro atoms. The van der Waals surface area contributed by atoms with E-state index in [9.17, 15) is 18.3 Å². The summed E-state index contributed by atoms with van der Waals surface area (Å²) in [5, 5.41) is 11.9. The van der Waals surface area contributed by atoms with Crippen molar-refractivity contribution in [2.24, 2.45) is 0 Å². The van der Waals surface area contributed by atoms with Crippen LogP contribution >= 0.6 is 0 Å². The van der Waals surface area contributed by atoms with Gasteiger partial charge in [-0.25, -0.2) is 8.42 Å². The molecular weight excluding hydrogens is 206 g/mol. The molecule has 5 nitrogen and oxygen atoms in total. The molecule has 14 heavy (non-hydrogen) atoms. The van der Waals surface area contributed by atoms with Gasteiger partial charge in [0.1, 0.15) is 0 Å². The Kier molecular flexibility index (Phi) is 3.49. The summed E-state index contributed by atoms with van der Waals surface area (Å²) in [5.41, 5.74) is 0. The average molecular weight is 221 g/mol. The van der Waals surface area contributed by atoms with Crippen LogP contribution in [0.4, 0.5) is 0 Å². The predicted octanol–water partition coefficient (Wildman–Crippen LogP) is -0.939. The van der Waals surface area contributed by atoms with Crippen molar-refractivity contribution in [2.75, 3.05) is 11.5 Å². The van der Waals surface area contributed by atoms with E-state index in [4.69, 9.17) is 0 Å². The molecule has 0 radical (unpaired) electrons. The summed E-state index contributed by atoms with van der Waals surface area (Å²) in [6.45, 7) is 1.86. The smallest absolute Gasteiger partial charge is 0.220 e. The summed E-state index contributed by atoms with van der Waals surface area (Å²) >= 11 is 0. The molecular formula is C8H15NO4S. The number of hydrogen-bond donors (Lipinski definition) is 2. The van der Waals surface area contributed by atoms with Crippen LogP contribution in [0.25, 0.3) is 0 Å². The van der Waals surface area contributed by atoms with E-state index in [1.807, 2.05) is 6.92 Å². The quantitative estimate of drug-likeness (QED) is 0.644. The first-order chi connectivity index (χ1) is 6.44. The SMILES string of the molecule is CCCC(=O)N[C@H]1CS(=O)(=O)C[C@H]1O. The van der Waals surface area contributed by atoms with E-state index in [1.165, 1.54) is 0 Å². The molecule has 0 aromatic rings. The minimum Gasteiger partial charge on any atom is -0.390 e. The van der Waals surface area contributed by atoms with Crippen LogP contribution in [-0.4, -0.2) is 43.1 Å². The zero-order chi connectivity index (χ0) is 10.8. The fourth-order valence-electron chi connectivity index (χ4n) is 1.47. The molecule has 6 heteroatoms. The van der Waals surface area contributed by atoms with Crippen LogP contribution in [0, 0.1) is 0 Å². The highest BCUT2D eigenvalue weighted by molar-refractivity contribution is 7.91. The van der Waals surface area contributed by atoms with Gasteiger partial charge in [0.25, 0.3) is 0 Å². The molecule has 1 aliphatic rings. The Bertz CT molecular complexity index is 311. The Morgan fingerprint density at radius 3 is 2.57 bits per heavy atom. The van der Waals surface area contributed by atoms with Crippen LogP contribution in [0.5, 0.6) is 0 Å². The van der Waals surface area contributed by atoms with E-state index < -0.39 is 22.0 Å². The predicted molar refractivity (Wildman–Crippen MR) is 51.5 cm³/mol. The lowest BCUT2D eigenvalue weighted by molar-refractivity contribution is -0.122. The summed E-state index contributed by atoms with van der Waals surface area (Å²) in [6, 6.07) is -0.626. The number of carbonyl (C=O) groups excluding carboxylic acids is 1. The zero-order valence-electron chi connectivity index (χ0n) is 8.06. The Hall–Kier alpha value is -0.620. The molecule has 0 bridgehead atoms. The molecule has 82 valence electrons. The van der Waals surface area contributed by atoms with E-state index in [0.717, 1.165) is 0 Å². The molecule has 0 aliphatic carbocycles. The number of sulfone groups is 1. The van der Waals surface area contributed by atoms with Crippen molar-refractivity contribution in [2.45, 2.75) is 31.9 Å². The highest BCUT2D eigenvalue weighted by Crippen LogP contribution is 2.12. The van der Waals surface area contributed by atoms with Gasteiger partial charge in [0, 0.05) is 6.42 Å². The van der Waals surface area contributed by atoms with Crippen LogP contribution < -0.4 is 5.32 Å². The van der Waals surface area contributed by atoms with Gasteiger partial charge in [0.2, 0.25) is 5.91 Å². The standard InChI is InChI=1S/C8H15NO4S/c1-2-3-8(11)9-6-4-14(12,13)5-7(6)10/h6-7,10H,2-5H2,1H3,(H,9,11)/t6-,7+/m0/s1. The molecule has 1 fully saturated rings. The van der Waals surface area contributed by atoms with Crippen molar-refractivity contribution in [3.8, 4) is 0 Å². The maximum atomic E-state index is 11.1. The summed E-state index contributed by atoms with van der Waals surface area (Å²) < 4.78 is 22.2. The van der Waals surface area contributed by atoms with E-state index in [1.54, 1.807) is 0 Å². The first kappa shape index (κ1) is 11.5. The van der Waals surface area contributed by atoms with E-state index in [2.05, 4.69) is 5.32 Å². The Labute approximate surface area is 83.4 Å². The van der Waals surface area contributed by atoms with Gasteiger partial charge < -0.3 is 10.4 Å². The van der Waals surface area contributed by atoms with Gasteiger partial charge in [-0.05, 0) is 6.42 Å². The summed E-state index contributed by atoms with van der Waals surface area (Å²) in [6.07, 6.45) is 0.116. The van der Waals surface area contributed by atoms with Crippen molar-refractivity contribution in [3.63, 3.8) is 0 Å². The molecule has 1 aliphatic heterocycles. The Morgan fingerprint density at radius 2 is 2.14 bits per heavy atom. The number of aliphatic hydroxyl groups excluding tert-OH is 1. The average Bonchev–Trinajstić information content (AvgIpc) is 2.25. The third-order valence-corrected chi connectivity index (χ3v) is 3.86. The van der Waals surface area contributed by atoms with Crippen molar-refractivity contribution in [3.05, 3.63) is 0 Å². The molecule has 1 amide bonds. The highest BCUT2D eigenvalue weighted by atomic mass is 32.2. The summed E-state index contributed by atoms with van der Waals surface area (Å²) in [4.78, 5) is 11.1. The zero-order valence-corrected chi connectivity index (χ0v) is 8.88. The second-order valence-corrected chi connectivity index (χ2v) is 5.72. The topological polar surface area (TPSA) is 83.5 Å². The van der Waals surface area contributed by atoms with Crippen LogP contribution in [0.3, 0.4) is 0 Å². The van der Waals surface area contributed by atoms with Crippen molar-refractivity contribution in [1.82, 2.24) is 5.32 Å². The second-order valence-electron chi connectivity index (χ2n) is 3.57. The number of rotatable bonds is 3. The van der Waals surface area contributed by atoms with Gasteiger partial charge in [0.15, 0.2) is 9.84 Å². The normalized spacial score (nSPS) is 30.1. The minimum absolute atomic E-state index is 0.149. The molecule has 1 saturated heterocycles. The first-order valence-electron chi connectivity index (χ1n) is 4.62. The molecule has 0 aromatic heterocycles. The van der Waals surface area contributed by atoms with Gasteiger partial charge in [-0.2, -0.15) is 0 Å². The van der Waals surface area contributed by atoms with E-state index >= 15 is 0 Å². The van der Waals surface area contributed by atoms with Crippen LogP contribution in [-0.2, 0) is 14.6 Å². The maximum Gasteiger partial charge on any atom is 0.220 e. The van der Waals surface area contributed by atoms with Gasteiger partial charge in [-0.15, -0.1) is 0 Å². The van der Waals surface area contributed by atoms with Crippen LogP contribution in [0.2, 0.25) is 0 Å². The fourth-order valence-corrected chi connectivity index (χ4v) is 3.21. The number of hydrogen-bond acceptors (Lipinski definition) is 4. The van der Waals surface area contributed by atoms with Gasteiger partial charge in [-0.3, -0.25) is 4.79 Å². The molecule has 1 rings (SSSR count). The molecule has 2 atom stereocenters. The van der Waals surface area contributed by atoms with Crippen molar-refractivity contribution in [1.29, 1.82) is 0 Å². The van der Waals surface area contributed by atoms with Crippen LogP contribution in [0.1, 0.15) is 19.8 Å². The first-order valence-corrected chi connectivity index (χ1v) is 6.44. The van der Waals surface area contributed by atoms with Crippen molar-refractivity contribution >= 4 is 15.7 Å². The van der Waals surface area contributed by atoms with Gasteiger partial charge in [0.05, 0.1) is 23.7 Å². The summed E-state index contributed by atoms with van der Waals surface area (Å²) in [7, 11) is -3.17. The molecule has 0 unspecified atom stereocenters. The Balaban J connectivity index is 2.51. The summed E-state index contributed by atoms with van der Waals surface area (Å²) in [5.74, 6) is -0.595. The molecule has 0 aromatic carbocycles. The second kappa shape index (κ2) is 4.27. The molecule has 1 heterocycles. The number of carbonyl (C=O) groups is 1. The highest BCUT2D eigenvalue weighted by Gasteiger charge is 2.36. The van der Waals surface area contributed by atoms with Gasteiger partial charge >= 0.3 is 0 Å². The minimum atomic E-state index is -3.17. The third kappa shape index (κ3) is 2.95. The fraction of sp³-hybridized carbons (Fsp3) is 0.875. The molecule has 0 saturated carbocycles. The third-order valence-electron chi connectivity index (χ3n) is 2.15. The molecule has 2 N–H and O–H groups in total. The number of aliphatic hydroxyl groups is 1. The lowest BCUT2D eigenvalue weighted by Crippen LogP contribution is -2.42. The lowest BCUT2D eigenvalue weighted by Gasteiger charge is -2.14. The largest absolute Gasteiger partial charge is 0.390 e.